The van der Waals surface area contributed by atoms with Crippen LogP contribution in [0.1, 0.15) is 11.6 Å². The zero-order chi connectivity index (χ0) is 12.6. The van der Waals surface area contributed by atoms with E-state index < -0.39 is 18.1 Å². The van der Waals surface area contributed by atoms with Gasteiger partial charge in [-0.3, -0.25) is 0 Å². The van der Waals surface area contributed by atoms with Gasteiger partial charge >= 0.3 is 12.1 Å². The second kappa shape index (κ2) is 4.25. The summed E-state index contributed by atoms with van der Waals surface area (Å²) >= 11 is 2.92. The molecule has 2 nitrogen and oxygen atoms in total. The molecule has 1 atom stereocenters. The van der Waals surface area contributed by atoms with Gasteiger partial charge in [0.15, 0.2) is 0 Å². The van der Waals surface area contributed by atoms with Crippen molar-refractivity contribution in [3.63, 3.8) is 0 Å². The average molecular weight is 305 g/mol. The third-order valence-electron chi connectivity index (χ3n) is 1.88. The Hall–Kier alpha value is -0.760. The van der Waals surface area contributed by atoms with Crippen molar-refractivity contribution in [2.24, 2.45) is 5.73 Å². The van der Waals surface area contributed by atoms with Gasteiger partial charge in [-0.15, -0.1) is 0 Å². The molecule has 0 amide bonds. The number of halogens is 6. The summed E-state index contributed by atoms with van der Waals surface area (Å²) in [4.78, 5) is 3.53. The fourth-order valence-electron chi connectivity index (χ4n) is 0.957. The summed E-state index contributed by atoms with van der Waals surface area (Å²) in [7, 11) is 0. The molecule has 0 radical (unpaired) electrons. The Morgan fingerprint density at radius 1 is 1.19 bits per heavy atom. The predicted molar refractivity (Wildman–Crippen MR) is 49.9 cm³/mol. The van der Waals surface area contributed by atoms with Crippen molar-refractivity contribution >= 4 is 15.9 Å². The van der Waals surface area contributed by atoms with Crippen molar-refractivity contribution in [1.82, 2.24) is 4.98 Å². The highest BCUT2D eigenvalue weighted by molar-refractivity contribution is 9.10. The Kier molecular flexibility index (Phi) is 3.53. The number of aromatic nitrogens is 1. The molecule has 1 aromatic rings. The molecule has 0 spiro atoms. The number of hydrogen-bond donors (Lipinski definition) is 1. The molecular formula is C8H6BrF5N2. The minimum atomic E-state index is -5.68. The average Bonchev–Trinajstić information content (AvgIpc) is 2.16. The zero-order valence-electron chi connectivity index (χ0n) is 7.60. The van der Waals surface area contributed by atoms with Crippen molar-refractivity contribution in [2.75, 3.05) is 0 Å². The minimum absolute atomic E-state index is 0.318. The zero-order valence-corrected chi connectivity index (χ0v) is 9.19. The van der Waals surface area contributed by atoms with E-state index in [1.165, 1.54) is 6.07 Å². The number of hydrogen-bond acceptors (Lipinski definition) is 2. The minimum Gasteiger partial charge on any atom is -0.319 e. The molecule has 0 aliphatic carbocycles. The van der Waals surface area contributed by atoms with Gasteiger partial charge in [0.25, 0.3) is 0 Å². The molecule has 2 N–H and O–H groups in total. The van der Waals surface area contributed by atoms with Crippen molar-refractivity contribution in [2.45, 2.75) is 18.1 Å². The fourth-order valence-corrected chi connectivity index (χ4v) is 1.19. The van der Waals surface area contributed by atoms with Crippen LogP contribution in [0.4, 0.5) is 22.0 Å². The van der Waals surface area contributed by atoms with E-state index in [9.17, 15) is 22.0 Å². The Bertz CT molecular complexity index is 362. The first-order chi connectivity index (χ1) is 7.16. The van der Waals surface area contributed by atoms with Crippen molar-refractivity contribution in [3.05, 3.63) is 28.5 Å². The molecule has 0 aromatic carbocycles. The van der Waals surface area contributed by atoms with E-state index in [1.807, 2.05) is 0 Å². The molecule has 0 fully saturated rings. The lowest BCUT2D eigenvalue weighted by Gasteiger charge is -2.25. The molecule has 90 valence electrons. The first kappa shape index (κ1) is 13.3. The fraction of sp³-hybridized carbons (Fsp3) is 0.375. The van der Waals surface area contributed by atoms with Crippen molar-refractivity contribution in [3.8, 4) is 0 Å². The van der Waals surface area contributed by atoms with Gasteiger partial charge in [-0.05, 0) is 27.6 Å². The summed E-state index contributed by atoms with van der Waals surface area (Å²) < 4.78 is 61.9. The van der Waals surface area contributed by atoms with Crippen LogP contribution in [0.2, 0.25) is 0 Å². The molecule has 16 heavy (non-hydrogen) atoms. The Labute approximate surface area is 95.8 Å². The number of rotatable bonds is 2. The van der Waals surface area contributed by atoms with Gasteiger partial charge in [-0.25, -0.2) is 4.98 Å². The van der Waals surface area contributed by atoms with E-state index in [0.29, 0.717) is 4.60 Å². The number of nitrogens with zero attached hydrogens (tertiary/aromatic N) is 1. The first-order valence-corrected chi connectivity index (χ1v) is 4.77. The summed E-state index contributed by atoms with van der Waals surface area (Å²) in [5, 5.41) is 0. The van der Waals surface area contributed by atoms with Crippen LogP contribution < -0.4 is 5.73 Å². The first-order valence-electron chi connectivity index (χ1n) is 3.98. The van der Waals surface area contributed by atoms with Crippen LogP contribution in [0, 0.1) is 0 Å². The Morgan fingerprint density at radius 2 is 1.75 bits per heavy atom. The second-order valence-electron chi connectivity index (χ2n) is 3.01. The molecule has 0 unspecified atom stereocenters. The number of nitrogens with two attached hydrogens (primary N) is 1. The van der Waals surface area contributed by atoms with Gasteiger partial charge in [-0.2, -0.15) is 22.0 Å². The van der Waals surface area contributed by atoms with Crippen molar-refractivity contribution in [1.29, 1.82) is 0 Å². The van der Waals surface area contributed by atoms with Crippen LogP contribution in [0.15, 0.2) is 22.9 Å². The van der Waals surface area contributed by atoms with Gasteiger partial charge in [0.05, 0.1) is 0 Å². The normalized spacial score (nSPS) is 14.9. The smallest absolute Gasteiger partial charge is 0.319 e. The van der Waals surface area contributed by atoms with Crippen LogP contribution >= 0.6 is 15.9 Å². The van der Waals surface area contributed by atoms with Gasteiger partial charge < -0.3 is 5.73 Å². The molecule has 1 aromatic heterocycles. The Balaban J connectivity index is 3.02. The van der Waals surface area contributed by atoms with Gasteiger partial charge in [0.1, 0.15) is 10.6 Å². The predicted octanol–water partition coefficient (Wildman–Crippen LogP) is 3.04. The van der Waals surface area contributed by atoms with Crippen molar-refractivity contribution < 1.29 is 22.0 Å². The van der Waals surface area contributed by atoms with Gasteiger partial charge in [0.2, 0.25) is 0 Å². The van der Waals surface area contributed by atoms with E-state index in [0.717, 1.165) is 12.3 Å². The maximum absolute atomic E-state index is 12.8. The molecule has 0 saturated heterocycles. The molecule has 0 aliphatic rings. The second-order valence-corrected chi connectivity index (χ2v) is 3.83. The summed E-state index contributed by atoms with van der Waals surface area (Å²) in [5.74, 6) is -4.98. The number of pyridine rings is 1. The lowest BCUT2D eigenvalue weighted by atomic mass is 10.0. The van der Waals surface area contributed by atoms with Crippen LogP contribution in [-0.4, -0.2) is 17.1 Å². The monoisotopic (exact) mass is 304 g/mol. The van der Waals surface area contributed by atoms with Crippen LogP contribution in [0.5, 0.6) is 0 Å². The maximum Gasteiger partial charge on any atom is 0.455 e. The molecule has 0 aliphatic heterocycles. The molecule has 8 heteroatoms. The summed E-state index contributed by atoms with van der Waals surface area (Å²) in [6, 6.07) is -0.170. The lowest BCUT2D eigenvalue weighted by Crippen LogP contribution is -2.45. The SMILES string of the molecule is N[C@H](c1ccc(Br)nc1)C(F)(F)C(F)(F)F. The maximum atomic E-state index is 12.8. The van der Waals surface area contributed by atoms with E-state index in [2.05, 4.69) is 20.9 Å². The summed E-state index contributed by atoms with van der Waals surface area (Å²) in [5.41, 5.74) is 4.50. The summed E-state index contributed by atoms with van der Waals surface area (Å²) in [6.07, 6.45) is -4.81. The molecule has 0 bridgehead atoms. The largest absolute Gasteiger partial charge is 0.455 e. The quantitative estimate of drug-likeness (QED) is 0.674. The van der Waals surface area contributed by atoms with E-state index in [4.69, 9.17) is 5.73 Å². The Morgan fingerprint density at radius 3 is 2.12 bits per heavy atom. The highest BCUT2D eigenvalue weighted by atomic mass is 79.9. The third kappa shape index (κ3) is 2.49. The number of alkyl halides is 5. The van der Waals surface area contributed by atoms with Crippen LogP contribution in [0.25, 0.3) is 0 Å². The topological polar surface area (TPSA) is 38.9 Å². The van der Waals surface area contributed by atoms with E-state index >= 15 is 0 Å². The third-order valence-corrected chi connectivity index (χ3v) is 2.35. The van der Waals surface area contributed by atoms with Gasteiger partial charge in [0, 0.05) is 6.20 Å². The van der Waals surface area contributed by atoms with E-state index in [1.54, 1.807) is 0 Å². The lowest BCUT2D eigenvalue weighted by molar-refractivity contribution is -0.291. The molecule has 0 saturated carbocycles. The molecular weight excluding hydrogens is 299 g/mol. The van der Waals surface area contributed by atoms with Gasteiger partial charge in [-0.1, -0.05) is 6.07 Å². The van der Waals surface area contributed by atoms with Crippen LogP contribution in [-0.2, 0) is 0 Å². The standard InChI is InChI=1S/C8H6BrF5N2/c9-5-2-1-4(3-16-5)6(15)7(10,11)8(12,13)14/h1-3,6H,15H2/t6-/m1/s1. The molecule has 1 rings (SSSR count). The summed E-state index contributed by atoms with van der Waals surface area (Å²) in [6.45, 7) is 0. The van der Waals surface area contributed by atoms with Crippen LogP contribution in [0.3, 0.4) is 0 Å². The molecule has 1 heterocycles. The highest BCUT2D eigenvalue weighted by Crippen LogP contribution is 2.43. The van der Waals surface area contributed by atoms with E-state index in [-0.39, 0.29) is 5.56 Å². The highest BCUT2D eigenvalue weighted by Gasteiger charge is 2.61.